The Morgan fingerprint density at radius 3 is 2.84 bits per heavy atom. The van der Waals surface area contributed by atoms with Gasteiger partial charge in [-0.1, -0.05) is 30.3 Å². The number of aromatic amines is 1. The fraction of sp³-hybridized carbons (Fsp3) is 0.286. The number of carbonyl (C=O) groups is 1. The van der Waals surface area contributed by atoms with Crippen molar-refractivity contribution >= 4 is 16.8 Å². The quantitative estimate of drug-likeness (QED) is 0.753. The van der Waals surface area contributed by atoms with Gasteiger partial charge in [-0.25, -0.2) is 0 Å². The molecular weight excluding hydrogens is 312 g/mol. The first-order valence-electron chi connectivity index (χ1n) is 8.68. The summed E-state index contributed by atoms with van der Waals surface area (Å²) in [6.45, 7) is 4.67. The summed E-state index contributed by atoms with van der Waals surface area (Å²) in [5, 5.41) is 11.0. The summed E-state index contributed by atoms with van der Waals surface area (Å²) in [5.74, 6) is -0.0539. The number of amides is 1. The summed E-state index contributed by atoms with van der Waals surface area (Å²) >= 11 is 0. The van der Waals surface area contributed by atoms with Crippen LogP contribution in [0.1, 0.15) is 38.8 Å². The Labute approximate surface area is 147 Å². The Morgan fingerprint density at radius 1 is 1.24 bits per heavy atom. The van der Waals surface area contributed by atoms with E-state index in [-0.39, 0.29) is 18.6 Å². The molecule has 2 heterocycles. The number of hydrogen-bond acceptors (Lipinski definition) is 2. The summed E-state index contributed by atoms with van der Waals surface area (Å²) in [4.78, 5) is 18.2. The van der Waals surface area contributed by atoms with Gasteiger partial charge in [0.1, 0.15) is 5.69 Å². The van der Waals surface area contributed by atoms with Gasteiger partial charge < -0.3 is 15.0 Å². The van der Waals surface area contributed by atoms with Gasteiger partial charge in [-0.3, -0.25) is 4.79 Å². The van der Waals surface area contributed by atoms with E-state index in [1.807, 2.05) is 24.3 Å². The number of benzene rings is 2. The van der Waals surface area contributed by atoms with E-state index in [0.29, 0.717) is 12.2 Å². The highest BCUT2D eigenvalue weighted by molar-refractivity contribution is 5.99. The first-order chi connectivity index (χ1) is 12.1. The lowest BCUT2D eigenvalue weighted by Gasteiger charge is -2.36. The average Bonchev–Trinajstić information content (AvgIpc) is 3.04. The summed E-state index contributed by atoms with van der Waals surface area (Å²) in [6, 6.07) is 13.9. The van der Waals surface area contributed by atoms with Gasteiger partial charge in [0, 0.05) is 17.4 Å². The molecule has 1 aromatic heterocycles. The number of H-pyrrole nitrogens is 1. The summed E-state index contributed by atoms with van der Waals surface area (Å²) in [7, 11) is 0. The van der Waals surface area contributed by atoms with Gasteiger partial charge in [-0.05, 0) is 54.7 Å². The molecule has 1 amide bonds. The molecule has 0 saturated carbocycles. The van der Waals surface area contributed by atoms with E-state index in [4.69, 9.17) is 0 Å². The Morgan fingerprint density at radius 2 is 2.04 bits per heavy atom. The fourth-order valence-electron chi connectivity index (χ4n) is 3.96. The second-order valence-corrected chi connectivity index (χ2v) is 6.87. The number of aryl methyl sites for hydroxylation is 2. The van der Waals surface area contributed by atoms with Gasteiger partial charge in [-0.2, -0.15) is 0 Å². The number of hydrogen-bond donors (Lipinski definition) is 2. The molecule has 128 valence electrons. The van der Waals surface area contributed by atoms with E-state index in [0.717, 1.165) is 28.5 Å². The number of rotatable bonds is 2. The maximum absolute atomic E-state index is 13.1. The fourth-order valence-corrected chi connectivity index (χ4v) is 3.96. The van der Waals surface area contributed by atoms with Gasteiger partial charge in [-0.15, -0.1) is 0 Å². The molecule has 25 heavy (non-hydrogen) atoms. The van der Waals surface area contributed by atoms with E-state index in [1.165, 1.54) is 11.1 Å². The van der Waals surface area contributed by atoms with Crippen LogP contribution in [0.2, 0.25) is 0 Å². The molecular formula is C21H22N2O2. The number of nitrogens with zero attached hydrogens (tertiary/aromatic N) is 1. The molecule has 1 aliphatic rings. The summed E-state index contributed by atoms with van der Waals surface area (Å²) < 4.78 is 0. The normalized spacial score (nSPS) is 16.9. The molecule has 1 unspecified atom stereocenters. The zero-order chi connectivity index (χ0) is 17.6. The molecule has 4 heteroatoms. The van der Waals surface area contributed by atoms with Crippen LogP contribution in [0.3, 0.4) is 0 Å². The smallest absolute Gasteiger partial charge is 0.270 e. The molecule has 0 radical (unpaired) electrons. The van der Waals surface area contributed by atoms with E-state index in [9.17, 15) is 9.90 Å². The Hall–Kier alpha value is -2.59. The van der Waals surface area contributed by atoms with Crippen LogP contribution >= 0.6 is 0 Å². The van der Waals surface area contributed by atoms with E-state index >= 15 is 0 Å². The van der Waals surface area contributed by atoms with Crippen LogP contribution < -0.4 is 0 Å². The Bertz CT molecular complexity index is 958. The molecule has 2 aromatic carbocycles. The maximum atomic E-state index is 13.1. The van der Waals surface area contributed by atoms with E-state index in [2.05, 4.69) is 37.0 Å². The molecule has 0 bridgehead atoms. The van der Waals surface area contributed by atoms with E-state index < -0.39 is 0 Å². The molecule has 0 saturated heterocycles. The van der Waals surface area contributed by atoms with Gasteiger partial charge >= 0.3 is 0 Å². The second kappa shape index (κ2) is 6.05. The number of aliphatic hydroxyl groups excluding tert-OH is 1. The van der Waals surface area contributed by atoms with Crippen molar-refractivity contribution in [2.24, 2.45) is 0 Å². The molecule has 0 aliphatic carbocycles. The van der Waals surface area contributed by atoms with Gasteiger partial charge in [0.05, 0.1) is 12.6 Å². The van der Waals surface area contributed by atoms with Crippen LogP contribution in [0.5, 0.6) is 0 Å². The van der Waals surface area contributed by atoms with Crippen LogP contribution in [-0.4, -0.2) is 34.0 Å². The topological polar surface area (TPSA) is 56.3 Å². The first-order valence-corrected chi connectivity index (χ1v) is 8.68. The molecule has 2 N–H and O–H groups in total. The Balaban J connectivity index is 1.72. The molecule has 1 atom stereocenters. The monoisotopic (exact) mass is 334 g/mol. The van der Waals surface area contributed by atoms with Crippen molar-refractivity contribution < 1.29 is 9.90 Å². The van der Waals surface area contributed by atoms with Crippen molar-refractivity contribution in [2.75, 3.05) is 13.2 Å². The SMILES string of the molecule is Cc1cc(C)c2cc(C(=O)N3CCc4ccccc4C3CO)[nH]c2c1. The van der Waals surface area contributed by atoms with Crippen molar-refractivity contribution in [3.05, 3.63) is 70.4 Å². The molecule has 1 aliphatic heterocycles. The third-order valence-corrected chi connectivity index (χ3v) is 5.17. The summed E-state index contributed by atoms with van der Waals surface area (Å²) in [5.41, 5.74) is 6.17. The summed E-state index contributed by atoms with van der Waals surface area (Å²) in [6.07, 6.45) is 0.816. The minimum Gasteiger partial charge on any atom is -0.394 e. The van der Waals surface area contributed by atoms with Crippen LogP contribution in [0.4, 0.5) is 0 Å². The Kier molecular flexibility index (Phi) is 3.85. The standard InChI is InChI=1S/C21H22N2O2/c1-13-9-14(2)17-11-19(22-18(17)10-13)21(25)23-8-7-15-5-3-4-6-16(15)20(23)12-24/h3-6,9-11,20,22,24H,7-8,12H2,1-2H3. The lowest BCUT2D eigenvalue weighted by molar-refractivity contribution is 0.0564. The number of nitrogens with one attached hydrogen (secondary N) is 1. The molecule has 0 fully saturated rings. The van der Waals surface area contributed by atoms with Crippen molar-refractivity contribution in [3.8, 4) is 0 Å². The maximum Gasteiger partial charge on any atom is 0.270 e. The van der Waals surface area contributed by atoms with E-state index in [1.54, 1.807) is 4.90 Å². The number of fused-ring (bicyclic) bond motifs is 2. The second-order valence-electron chi connectivity index (χ2n) is 6.87. The van der Waals surface area contributed by atoms with Crippen molar-refractivity contribution in [1.29, 1.82) is 0 Å². The van der Waals surface area contributed by atoms with Gasteiger partial charge in [0.15, 0.2) is 0 Å². The lowest BCUT2D eigenvalue weighted by Crippen LogP contribution is -2.41. The highest BCUT2D eigenvalue weighted by Gasteiger charge is 2.31. The predicted molar refractivity (Wildman–Crippen MR) is 98.8 cm³/mol. The van der Waals surface area contributed by atoms with Crippen molar-refractivity contribution in [3.63, 3.8) is 0 Å². The van der Waals surface area contributed by atoms with Crippen LogP contribution in [0.25, 0.3) is 10.9 Å². The minimum absolute atomic E-state index is 0.0539. The minimum atomic E-state index is -0.285. The van der Waals surface area contributed by atoms with Crippen LogP contribution in [0.15, 0.2) is 42.5 Å². The molecule has 3 aromatic rings. The van der Waals surface area contributed by atoms with Crippen molar-refractivity contribution in [2.45, 2.75) is 26.3 Å². The third kappa shape index (κ3) is 2.63. The van der Waals surface area contributed by atoms with Crippen LogP contribution in [-0.2, 0) is 6.42 Å². The molecule has 4 rings (SSSR count). The largest absolute Gasteiger partial charge is 0.394 e. The number of aromatic nitrogens is 1. The van der Waals surface area contributed by atoms with Crippen molar-refractivity contribution in [1.82, 2.24) is 9.88 Å². The average molecular weight is 334 g/mol. The number of aliphatic hydroxyl groups is 1. The van der Waals surface area contributed by atoms with Gasteiger partial charge in [0.2, 0.25) is 0 Å². The third-order valence-electron chi connectivity index (χ3n) is 5.17. The predicted octanol–water partition coefficient (Wildman–Crippen LogP) is 3.52. The number of carbonyl (C=O) groups excluding carboxylic acids is 1. The lowest BCUT2D eigenvalue weighted by atomic mass is 9.92. The highest BCUT2D eigenvalue weighted by Crippen LogP contribution is 2.31. The zero-order valence-corrected chi connectivity index (χ0v) is 14.5. The zero-order valence-electron chi connectivity index (χ0n) is 14.5. The van der Waals surface area contributed by atoms with Gasteiger partial charge in [0.25, 0.3) is 5.91 Å². The molecule has 4 nitrogen and oxygen atoms in total. The molecule has 0 spiro atoms. The highest BCUT2D eigenvalue weighted by atomic mass is 16.3. The first kappa shape index (κ1) is 15.9. The van der Waals surface area contributed by atoms with Crippen LogP contribution in [0, 0.1) is 13.8 Å².